The van der Waals surface area contributed by atoms with E-state index in [1.807, 2.05) is 29.3 Å². The van der Waals surface area contributed by atoms with Crippen molar-refractivity contribution < 1.29 is 19.4 Å². The highest BCUT2D eigenvalue weighted by Crippen LogP contribution is 2.27. The number of aromatic amines is 1. The first kappa shape index (κ1) is 22.8. The van der Waals surface area contributed by atoms with Crippen molar-refractivity contribution in [3.8, 4) is 0 Å². The zero-order valence-corrected chi connectivity index (χ0v) is 18.8. The van der Waals surface area contributed by atoms with Gasteiger partial charge in [-0.05, 0) is 37.3 Å². The number of rotatable bonds is 8. The topological polar surface area (TPSA) is 97.9 Å². The summed E-state index contributed by atoms with van der Waals surface area (Å²) < 4.78 is 5.00. The fraction of sp³-hybridized carbons (Fsp3) is 0.583. The van der Waals surface area contributed by atoms with Crippen LogP contribution in [0.4, 0.5) is 0 Å². The summed E-state index contributed by atoms with van der Waals surface area (Å²) in [7, 11) is 1.60. The Hall–Kier alpha value is -2.42. The highest BCUT2D eigenvalue weighted by atomic mass is 16.5. The van der Waals surface area contributed by atoms with Gasteiger partial charge >= 0.3 is 0 Å². The van der Waals surface area contributed by atoms with Crippen molar-refractivity contribution in [1.82, 2.24) is 20.1 Å². The number of nitrogens with zero attached hydrogens (tertiary/aromatic N) is 2. The molecule has 4 rings (SSSR count). The summed E-state index contributed by atoms with van der Waals surface area (Å²) >= 11 is 0. The average Bonchev–Trinajstić information content (AvgIpc) is 3.41. The molecule has 1 aromatic heterocycles. The number of aryl methyl sites for hydroxylation is 1. The van der Waals surface area contributed by atoms with Crippen molar-refractivity contribution >= 4 is 22.7 Å². The summed E-state index contributed by atoms with van der Waals surface area (Å²) in [6.45, 7) is 2.85. The smallest absolute Gasteiger partial charge is 0.237 e. The maximum atomic E-state index is 12.8. The van der Waals surface area contributed by atoms with Crippen LogP contribution in [0.1, 0.15) is 31.2 Å². The molecule has 32 heavy (non-hydrogen) atoms. The second-order valence-electron chi connectivity index (χ2n) is 8.86. The Morgan fingerprint density at radius 2 is 2.03 bits per heavy atom. The lowest BCUT2D eigenvalue weighted by Gasteiger charge is -2.39. The maximum absolute atomic E-state index is 12.8. The lowest BCUT2D eigenvalue weighted by molar-refractivity contribution is -0.134. The zero-order chi connectivity index (χ0) is 22.5. The van der Waals surface area contributed by atoms with Crippen molar-refractivity contribution in [2.75, 3.05) is 39.9 Å². The number of methoxy groups -OCH3 is 1. The molecule has 2 aromatic rings. The van der Waals surface area contributed by atoms with Crippen LogP contribution >= 0.6 is 0 Å². The van der Waals surface area contributed by atoms with Crippen molar-refractivity contribution in [2.45, 2.75) is 50.3 Å². The number of aliphatic hydroxyl groups excluding tert-OH is 1. The van der Waals surface area contributed by atoms with Crippen LogP contribution in [0.15, 0.2) is 30.5 Å². The Morgan fingerprint density at radius 3 is 2.81 bits per heavy atom. The number of H-pyrrole nitrogens is 1. The van der Waals surface area contributed by atoms with E-state index in [2.05, 4.69) is 21.3 Å². The normalized spacial score (nSPS) is 22.5. The van der Waals surface area contributed by atoms with Crippen molar-refractivity contribution in [2.24, 2.45) is 0 Å². The molecule has 174 valence electrons. The minimum atomic E-state index is -0.482. The summed E-state index contributed by atoms with van der Waals surface area (Å²) in [6.07, 6.45) is 4.86. The molecule has 2 aliphatic heterocycles. The molecule has 2 amide bonds. The zero-order valence-electron chi connectivity index (χ0n) is 18.8. The van der Waals surface area contributed by atoms with E-state index in [4.69, 9.17) is 4.74 Å². The van der Waals surface area contributed by atoms with Crippen LogP contribution in [-0.4, -0.2) is 89.8 Å². The molecule has 2 saturated heterocycles. The lowest BCUT2D eigenvalue weighted by Crippen LogP contribution is -2.52. The van der Waals surface area contributed by atoms with Crippen LogP contribution in [0.25, 0.3) is 10.9 Å². The monoisotopic (exact) mass is 442 g/mol. The predicted octanol–water partition coefficient (Wildman–Crippen LogP) is 1.29. The number of carbonyl (C=O) groups is 2. The van der Waals surface area contributed by atoms with Gasteiger partial charge in [-0.1, -0.05) is 18.2 Å². The third-order valence-electron chi connectivity index (χ3n) is 6.79. The maximum Gasteiger partial charge on any atom is 0.237 e. The molecule has 0 radical (unpaired) electrons. The minimum Gasteiger partial charge on any atom is -0.392 e. The van der Waals surface area contributed by atoms with Gasteiger partial charge in [-0.3, -0.25) is 14.5 Å². The molecule has 3 N–H and O–H groups in total. The molecule has 2 atom stereocenters. The number of β-amino-alcohol motifs (C(OH)–C–C–N with tert-alkyl or cyclic N) is 1. The molecule has 8 nitrogen and oxygen atoms in total. The number of amides is 2. The Bertz CT molecular complexity index is 922. The van der Waals surface area contributed by atoms with Crippen molar-refractivity contribution in [1.29, 1.82) is 0 Å². The molecular weight excluding hydrogens is 408 g/mol. The summed E-state index contributed by atoms with van der Waals surface area (Å²) in [4.78, 5) is 32.8. The molecule has 1 aromatic carbocycles. The minimum absolute atomic E-state index is 0.0455. The molecule has 2 aliphatic rings. The number of fused-ring (bicyclic) bond motifs is 1. The first-order valence-electron chi connectivity index (χ1n) is 11.6. The summed E-state index contributed by atoms with van der Waals surface area (Å²) in [6, 6.07) is 8.06. The van der Waals surface area contributed by atoms with Gasteiger partial charge in [-0.15, -0.1) is 0 Å². The predicted molar refractivity (Wildman–Crippen MR) is 122 cm³/mol. The van der Waals surface area contributed by atoms with Crippen LogP contribution in [0, 0.1) is 0 Å². The number of benzene rings is 1. The van der Waals surface area contributed by atoms with E-state index >= 15 is 0 Å². The number of para-hydroxylation sites is 1. The largest absolute Gasteiger partial charge is 0.392 e. The van der Waals surface area contributed by atoms with Crippen molar-refractivity contribution in [3.05, 3.63) is 36.0 Å². The molecule has 0 bridgehead atoms. The number of carbonyl (C=O) groups excluding carboxylic acids is 2. The van der Waals surface area contributed by atoms with Gasteiger partial charge in [0.05, 0.1) is 18.8 Å². The number of likely N-dealkylation sites (tertiary alicyclic amines) is 2. The number of nitrogens with one attached hydrogen (secondary N) is 2. The van der Waals surface area contributed by atoms with Gasteiger partial charge in [0.1, 0.15) is 0 Å². The van der Waals surface area contributed by atoms with E-state index in [0.717, 1.165) is 24.8 Å². The van der Waals surface area contributed by atoms with E-state index in [-0.39, 0.29) is 23.9 Å². The Balaban J connectivity index is 1.27. The van der Waals surface area contributed by atoms with E-state index < -0.39 is 6.10 Å². The lowest BCUT2D eigenvalue weighted by atomic mass is 10.0. The third-order valence-corrected chi connectivity index (χ3v) is 6.79. The van der Waals surface area contributed by atoms with Gasteiger partial charge in [0.15, 0.2) is 0 Å². The summed E-state index contributed by atoms with van der Waals surface area (Å²) in [5.41, 5.74) is 2.28. The number of aliphatic hydroxyl groups is 1. The van der Waals surface area contributed by atoms with Gasteiger partial charge in [0.2, 0.25) is 11.8 Å². The van der Waals surface area contributed by atoms with Crippen LogP contribution < -0.4 is 5.32 Å². The highest BCUT2D eigenvalue weighted by molar-refractivity contribution is 5.84. The second kappa shape index (κ2) is 10.5. The highest BCUT2D eigenvalue weighted by Gasteiger charge is 2.40. The molecular formula is C24H34N4O4. The van der Waals surface area contributed by atoms with Crippen LogP contribution in [0.5, 0.6) is 0 Å². The van der Waals surface area contributed by atoms with Gasteiger partial charge in [-0.2, -0.15) is 0 Å². The Kier molecular flexibility index (Phi) is 7.44. The summed E-state index contributed by atoms with van der Waals surface area (Å²) in [5, 5.41) is 14.3. The van der Waals surface area contributed by atoms with Crippen LogP contribution in [0.3, 0.4) is 0 Å². The standard InChI is InChI=1S/C24H34N4O4/c1-32-13-10-25-24(31)22-14-19(29)16-28(22)18-8-11-27(12-9-18)23(30)7-6-17-15-26-21-5-3-2-4-20(17)21/h2-5,15,18-19,22,26,29H,6-14,16H2,1H3,(H,25,31)/t19-,22+/m1/s1. The number of aromatic nitrogens is 1. The Labute approximate surface area is 188 Å². The summed E-state index contributed by atoms with van der Waals surface area (Å²) in [5.74, 6) is 0.139. The first-order chi connectivity index (χ1) is 15.6. The SMILES string of the molecule is COCCNC(=O)[C@@H]1C[C@@H](O)CN1C1CCN(C(=O)CCc2c[nH]c3ccccc23)CC1. The van der Waals surface area contributed by atoms with Gasteiger partial charge in [0, 0.05) is 62.9 Å². The third kappa shape index (κ3) is 5.14. The molecule has 8 heteroatoms. The van der Waals surface area contributed by atoms with Crippen molar-refractivity contribution in [3.63, 3.8) is 0 Å². The fourth-order valence-electron chi connectivity index (χ4n) is 5.08. The molecule has 0 unspecified atom stereocenters. The first-order valence-corrected chi connectivity index (χ1v) is 11.6. The molecule has 3 heterocycles. The quantitative estimate of drug-likeness (QED) is 0.535. The number of ether oxygens (including phenoxy) is 1. The second-order valence-corrected chi connectivity index (χ2v) is 8.86. The van der Waals surface area contributed by atoms with E-state index in [1.165, 1.54) is 10.9 Å². The van der Waals surface area contributed by atoms with Gasteiger partial charge in [0.25, 0.3) is 0 Å². The van der Waals surface area contributed by atoms with Crippen LogP contribution in [0.2, 0.25) is 0 Å². The van der Waals surface area contributed by atoms with E-state index in [0.29, 0.717) is 45.6 Å². The van der Waals surface area contributed by atoms with Gasteiger partial charge in [-0.25, -0.2) is 0 Å². The van der Waals surface area contributed by atoms with Gasteiger partial charge < -0.3 is 25.0 Å². The fourth-order valence-corrected chi connectivity index (χ4v) is 5.08. The average molecular weight is 443 g/mol. The number of hydrogen-bond acceptors (Lipinski definition) is 5. The molecule has 0 spiro atoms. The molecule has 0 saturated carbocycles. The number of piperidine rings is 1. The molecule has 2 fully saturated rings. The number of hydrogen-bond donors (Lipinski definition) is 3. The van der Waals surface area contributed by atoms with E-state index in [9.17, 15) is 14.7 Å². The Morgan fingerprint density at radius 1 is 1.25 bits per heavy atom. The van der Waals surface area contributed by atoms with E-state index in [1.54, 1.807) is 7.11 Å². The molecule has 0 aliphatic carbocycles. The van der Waals surface area contributed by atoms with Crippen LogP contribution in [-0.2, 0) is 20.7 Å².